The van der Waals surface area contributed by atoms with Gasteiger partial charge in [-0.2, -0.15) is 0 Å². The van der Waals surface area contributed by atoms with Gasteiger partial charge >= 0.3 is 0 Å². The van der Waals surface area contributed by atoms with Crippen LogP contribution in [0.15, 0.2) is 12.7 Å². The van der Waals surface area contributed by atoms with Crippen LogP contribution in [0.3, 0.4) is 0 Å². The molecule has 0 bridgehead atoms. The number of aliphatic hydroxyl groups is 1. The van der Waals surface area contributed by atoms with Gasteiger partial charge < -0.3 is 10.0 Å². The van der Waals surface area contributed by atoms with Crippen molar-refractivity contribution in [2.24, 2.45) is 0 Å². The lowest BCUT2D eigenvalue weighted by Gasteiger charge is -2.15. The average molecular weight is 155 g/mol. The molecule has 0 amide bonds. The Hall–Kier alpha value is -0.340. The van der Waals surface area contributed by atoms with Gasteiger partial charge in [0.05, 0.1) is 6.10 Å². The summed E-state index contributed by atoms with van der Waals surface area (Å²) in [5.41, 5.74) is 0. The minimum atomic E-state index is -0.310. The molecule has 1 fully saturated rings. The Kier molecular flexibility index (Phi) is 3.60. The molecule has 2 heteroatoms. The number of aliphatic hydroxyl groups excluding tert-OH is 1. The van der Waals surface area contributed by atoms with E-state index in [2.05, 4.69) is 11.5 Å². The highest BCUT2D eigenvalue weighted by Crippen LogP contribution is 2.08. The Morgan fingerprint density at radius 1 is 1.45 bits per heavy atom. The van der Waals surface area contributed by atoms with E-state index < -0.39 is 0 Å². The van der Waals surface area contributed by atoms with E-state index in [9.17, 15) is 5.11 Å². The van der Waals surface area contributed by atoms with E-state index in [4.69, 9.17) is 0 Å². The minimum Gasteiger partial charge on any atom is -0.389 e. The summed E-state index contributed by atoms with van der Waals surface area (Å²) in [4.78, 5) is 2.40. The van der Waals surface area contributed by atoms with Gasteiger partial charge in [0.2, 0.25) is 0 Å². The van der Waals surface area contributed by atoms with Crippen LogP contribution in [-0.2, 0) is 0 Å². The second-order valence-corrected chi connectivity index (χ2v) is 3.14. The molecular formula is C9H17NO. The van der Waals surface area contributed by atoms with E-state index in [0.29, 0.717) is 0 Å². The molecule has 1 aliphatic rings. The van der Waals surface area contributed by atoms with Crippen molar-refractivity contribution in [2.45, 2.75) is 25.4 Å². The van der Waals surface area contributed by atoms with Gasteiger partial charge in [-0.15, -0.1) is 6.58 Å². The second kappa shape index (κ2) is 4.52. The molecule has 0 aromatic carbocycles. The molecule has 1 heterocycles. The van der Waals surface area contributed by atoms with E-state index in [-0.39, 0.29) is 6.10 Å². The van der Waals surface area contributed by atoms with E-state index in [1.54, 1.807) is 6.08 Å². The first kappa shape index (κ1) is 8.75. The normalized spacial score (nSPS) is 21.9. The topological polar surface area (TPSA) is 23.5 Å². The Balaban J connectivity index is 2.06. The predicted molar refractivity (Wildman–Crippen MR) is 46.5 cm³/mol. The van der Waals surface area contributed by atoms with Gasteiger partial charge in [0.25, 0.3) is 0 Å². The van der Waals surface area contributed by atoms with Gasteiger partial charge in [-0.1, -0.05) is 6.08 Å². The van der Waals surface area contributed by atoms with Gasteiger partial charge in [0.15, 0.2) is 0 Å². The zero-order chi connectivity index (χ0) is 8.10. The fourth-order valence-corrected chi connectivity index (χ4v) is 1.44. The van der Waals surface area contributed by atoms with Crippen molar-refractivity contribution in [3.8, 4) is 0 Å². The molecule has 1 aliphatic heterocycles. The van der Waals surface area contributed by atoms with Crippen molar-refractivity contribution in [3.63, 3.8) is 0 Å². The maximum absolute atomic E-state index is 9.17. The number of rotatable bonds is 4. The molecule has 0 aromatic rings. The fraction of sp³-hybridized carbons (Fsp3) is 0.778. The lowest BCUT2D eigenvalue weighted by Crippen LogP contribution is -2.23. The number of likely N-dealkylation sites (tertiary alicyclic amines) is 1. The highest BCUT2D eigenvalue weighted by molar-refractivity contribution is 4.79. The van der Waals surface area contributed by atoms with Crippen LogP contribution in [0.25, 0.3) is 0 Å². The van der Waals surface area contributed by atoms with Crippen LogP contribution in [-0.4, -0.2) is 35.7 Å². The quantitative estimate of drug-likeness (QED) is 0.613. The summed E-state index contributed by atoms with van der Waals surface area (Å²) in [7, 11) is 0. The zero-order valence-electron chi connectivity index (χ0n) is 7.00. The standard InChI is InChI=1S/C9H17NO/c1-2-9(11)5-8-10-6-3-4-7-10/h2,9,11H,1,3-8H2. The highest BCUT2D eigenvalue weighted by atomic mass is 16.3. The van der Waals surface area contributed by atoms with Gasteiger partial charge in [0, 0.05) is 6.54 Å². The van der Waals surface area contributed by atoms with E-state index >= 15 is 0 Å². The predicted octanol–water partition coefficient (Wildman–Crippen LogP) is 1.02. The van der Waals surface area contributed by atoms with Crippen LogP contribution in [0.5, 0.6) is 0 Å². The van der Waals surface area contributed by atoms with Crippen molar-refractivity contribution < 1.29 is 5.11 Å². The first-order chi connectivity index (χ1) is 5.33. The van der Waals surface area contributed by atoms with Crippen LogP contribution in [0.1, 0.15) is 19.3 Å². The maximum atomic E-state index is 9.17. The number of nitrogens with zero attached hydrogens (tertiary/aromatic N) is 1. The molecule has 64 valence electrons. The summed E-state index contributed by atoms with van der Waals surface area (Å²) < 4.78 is 0. The first-order valence-electron chi connectivity index (χ1n) is 4.36. The second-order valence-electron chi connectivity index (χ2n) is 3.14. The van der Waals surface area contributed by atoms with E-state index in [1.807, 2.05) is 0 Å². The molecule has 0 spiro atoms. The van der Waals surface area contributed by atoms with Crippen molar-refractivity contribution in [3.05, 3.63) is 12.7 Å². The van der Waals surface area contributed by atoms with Crippen LogP contribution >= 0.6 is 0 Å². The van der Waals surface area contributed by atoms with Crippen molar-refractivity contribution in [1.29, 1.82) is 0 Å². The van der Waals surface area contributed by atoms with Crippen LogP contribution in [0.2, 0.25) is 0 Å². The summed E-state index contributed by atoms with van der Waals surface area (Å²) in [5.74, 6) is 0. The van der Waals surface area contributed by atoms with E-state index in [0.717, 1.165) is 13.0 Å². The lowest BCUT2D eigenvalue weighted by molar-refractivity contribution is 0.188. The summed E-state index contributed by atoms with van der Waals surface area (Å²) in [5, 5.41) is 9.17. The SMILES string of the molecule is C=CC(O)CCN1CCCC1. The molecule has 1 unspecified atom stereocenters. The largest absolute Gasteiger partial charge is 0.389 e. The molecule has 0 radical (unpaired) electrons. The highest BCUT2D eigenvalue weighted by Gasteiger charge is 2.11. The van der Waals surface area contributed by atoms with Gasteiger partial charge in [-0.3, -0.25) is 0 Å². The number of hydrogen-bond acceptors (Lipinski definition) is 2. The summed E-state index contributed by atoms with van der Waals surface area (Å²) >= 11 is 0. The molecule has 1 saturated heterocycles. The van der Waals surface area contributed by atoms with Crippen molar-refractivity contribution >= 4 is 0 Å². The lowest BCUT2D eigenvalue weighted by atomic mass is 10.2. The number of hydrogen-bond donors (Lipinski definition) is 1. The van der Waals surface area contributed by atoms with Gasteiger partial charge in [0.1, 0.15) is 0 Å². The van der Waals surface area contributed by atoms with Crippen LogP contribution in [0, 0.1) is 0 Å². The third kappa shape index (κ3) is 3.04. The first-order valence-corrected chi connectivity index (χ1v) is 4.36. The fourth-order valence-electron chi connectivity index (χ4n) is 1.44. The smallest absolute Gasteiger partial charge is 0.0730 e. The molecule has 11 heavy (non-hydrogen) atoms. The van der Waals surface area contributed by atoms with Crippen molar-refractivity contribution in [1.82, 2.24) is 4.90 Å². The third-order valence-corrected chi connectivity index (χ3v) is 2.21. The minimum absolute atomic E-state index is 0.310. The third-order valence-electron chi connectivity index (χ3n) is 2.21. The molecule has 0 saturated carbocycles. The Morgan fingerprint density at radius 2 is 2.09 bits per heavy atom. The Bertz CT molecular complexity index is 119. The molecule has 0 aliphatic carbocycles. The van der Waals surface area contributed by atoms with Gasteiger partial charge in [-0.05, 0) is 32.4 Å². The average Bonchev–Trinajstić information content (AvgIpc) is 2.52. The maximum Gasteiger partial charge on any atom is 0.0730 e. The molecule has 2 nitrogen and oxygen atoms in total. The van der Waals surface area contributed by atoms with Crippen LogP contribution in [0.4, 0.5) is 0 Å². The summed E-state index contributed by atoms with van der Waals surface area (Å²) in [6, 6.07) is 0. The molecule has 0 aromatic heterocycles. The Labute approximate surface area is 68.5 Å². The monoisotopic (exact) mass is 155 g/mol. The molecule has 1 atom stereocenters. The Morgan fingerprint density at radius 3 is 2.64 bits per heavy atom. The molecule has 1 rings (SSSR count). The van der Waals surface area contributed by atoms with E-state index in [1.165, 1.54) is 25.9 Å². The van der Waals surface area contributed by atoms with Gasteiger partial charge in [-0.25, -0.2) is 0 Å². The summed E-state index contributed by atoms with van der Waals surface area (Å²) in [6.07, 6.45) is 4.78. The van der Waals surface area contributed by atoms with Crippen molar-refractivity contribution in [2.75, 3.05) is 19.6 Å². The molecular weight excluding hydrogens is 138 g/mol. The zero-order valence-corrected chi connectivity index (χ0v) is 7.00. The summed E-state index contributed by atoms with van der Waals surface area (Å²) in [6.45, 7) is 6.98. The molecule has 1 N–H and O–H groups in total. The van der Waals surface area contributed by atoms with Crippen LogP contribution < -0.4 is 0 Å².